The van der Waals surface area contributed by atoms with Crippen LogP contribution in [0.5, 0.6) is 5.88 Å². The zero-order valence-electron chi connectivity index (χ0n) is 16.7. The Kier molecular flexibility index (Phi) is 9.45. The Labute approximate surface area is 172 Å². The lowest BCUT2D eigenvalue weighted by molar-refractivity contribution is 0.207. The number of nitrogens with zero attached hydrogens (tertiary/aromatic N) is 1. The Hall–Kier alpha value is -1.91. The first-order chi connectivity index (χ1) is 13.2. The van der Waals surface area contributed by atoms with E-state index in [-0.39, 0.29) is 15.0 Å². The lowest BCUT2D eigenvalue weighted by Gasteiger charge is -2.20. The monoisotopic (exact) mass is 385 g/mol. The molecular formula is C24H39N3O. The zero-order valence-corrected chi connectivity index (χ0v) is 16.7. The summed E-state index contributed by atoms with van der Waals surface area (Å²) in [6.45, 7) is 7.22. The fourth-order valence-corrected chi connectivity index (χ4v) is 3.43. The highest BCUT2D eigenvalue weighted by Gasteiger charge is 2.11. The molecule has 4 heteroatoms. The average Bonchev–Trinajstić information content (AvgIpc) is 2.67. The van der Waals surface area contributed by atoms with Crippen LogP contribution < -0.4 is 15.4 Å². The Bertz CT molecular complexity index is 750. The molecule has 2 bridgehead atoms. The summed E-state index contributed by atoms with van der Waals surface area (Å²) in [5.41, 5.74) is 1.21. The molecule has 0 fully saturated rings. The Morgan fingerprint density at radius 2 is 1.93 bits per heavy atom. The molecule has 1 aliphatic rings. The minimum Gasteiger partial charge on any atom is -0.473 e. The summed E-state index contributed by atoms with van der Waals surface area (Å²) < 4.78 is 6.18. The molecular weight excluding hydrogens is 346 g/mol. The fourth-order valence-electron chi connectivity index (χ4n) is 3.43. The lowest BCUT2D eigenvalue weighted by atomic mass is 10.1. The first-order valence-corrected chi connectivity index (χ1v) is 10.4. The molecule has 0 spiro atoms. The van der Waals surface area contributed by atoms with Crippen molar-refractivity contribution >= 4 is 16.8 Å². The summed E-state index contributed by atoms with van der Waals surface area (Å²) >= 11 is 0. The van der Waals surface area contributed by atoms with E-state index >= 15 is 0 Å². The van der Waals surface area contributed by atoms with Crippen LogP contribution in [0.2, 0.25) is 0 Å². The highest BCUT2D eigenvalue weighted by Crippen LogP contribution is 2.25. The van der Waals surface area contributed by atoms with Crippen LogP contribution >= 0.6 is 0 Å². The zero-order chi connectivity index (χ0) is 18.9. The van der Waals surface area contributed by atoms with Crippen molar-refractivity contribution in [1.29, 1.82) is 0 Å². The molecule has 0 aliphatic carbocycles. The number of allylic oxidation sites excluding steroid dienone is 1. The Balaban J connectivity index is 0.00000210. The molecule has 2 aromatic rings. The van der Waals surface area contributed by atoms with Crippen molar-refractivity contribution in [3.8, 4) is 5.88 Å². The van der Waals surface area contributed by atoms with Crippen LogP contribution in [-0.4, -0.2) is 36.8 Å². The molecule has 0 saturated carbocycles. The third-order valence-corrected chi connectivity index (χ3v) is 5.06. The van der Waals surface area contributed by atoms with Crippen LogP contribution in [0.3, 0.4) is 0 Å². The second-order valence-corrected chi connectivity index (χ2v) is 7.64. The Morgan fingerprint density at radius 1 is 1.07 bits per heavy atom. The van der Waals surface area contributed by atoms with Gasteiger partial charge in [-0.3, -0.25) is 0 Å². The van der Waals surface area contributed by atoms with Crippen molar-refractivity contribution < 1.29 is 6.16 Å². The average molecular weight is 386 g/mol. The van der Waals surface area contributed by atoms with Gasteiger partial charge in [0.1, 0.15) is 6.10 Å². The van der Waals surface area contributed by atoms with Crippen LogP contribution in [0, 0.1) is 0 Å². The van der Waals surface area contributed by atoms with E-state index in [4.69, 9.17) is 4.74 Å². The van der Waals surface area contributed by atoms with Gasteiger partial charge in [-0.1, -0.05) is 44.6 Å². The van der Waals surface area contributed by atoms with Gasteiger partial charge in [0.2, 0.25) is 5.88 Å². The van der Waals surface area contributed by atoms with E-state index in [1.807, 2.05) is 12.3 Å². The summed E-state index contributed by atoms with van der Waals surface area (Å²) in [5.74, 6) is 0.723. The topological polar surface area (TPSA) is 46.2 Å². The smallest absolute Gasteiger partial charge is 0.221 e. The molecule has 0 radical (unpaired) electrons. The van der Waals surface area contributed by atoms with Gasteiger partial charge in [0.15, 0.2) is 0 Å². The van der Waals surface area contributed by atoms with E-state index in [0.717, 1.165) is 37.3 Å². The lowest BCUT2D eigenvalue weighted by Crippen LogP contribution is -2.41. The van der Waals surface area contributed by atoms with Gasteiger partial charge in [-0.15, -0.1) is 0 Å². The molecule has 3 rings (SSSR count). The SMILES string of the molecule is C.CC1CNCCCCCC/C=C\c2ccc3ccnc(c3c2)O[C@H](C)CN1.[HH]. The van der Waals surface area contributed by atoms with Gasteiger partial charge in [-0.2, -0.15) is 0 Å². The normalized spacial score (nSPS) is 23.6. The van der Waals surface area contributed by atoms with E-state index in [1.54, 1.807) is 0 Å². The number of rotatable bonds is 0. The standard InChI is InChI=1S/C23H33N3O.CH4.H2/c1-18-16-24-13-8-6-4-3-5-7-9-20-10-11-21-12-14-25-23(22(21)15-20)27-19(2)17-26-18;;/h7,9-12,14-15,18-19,24,26H,3-6,8,13,16-17H2,1-2H3;1H4;1H/b9-7-;;/t18?,19-;;/m1../s1. The van der Waals surface area contributed by atoms with Crippen molar-refractivity contribution in [2.75, 3.05) is 19.6 Å². The summed E-state index contributed by atoms with van der Waals surface area (Å²) in [4.78, 5) is 4.50. The number of aromatic nitrogens is 1. The number of benzene rings is 1. The van der Waals surface area contributed by atoms with Gasteiger partial charge < -0.3 is 15.4 Å². The fraction of sp³-hybridized carbons (Fsp3) is 0.542. The molecule has 156 valence electrons. The molecule has 1 aliphatic heterocycles. The number of hydrogen-bond acceptors (Lipinski definition) is 4. The molecule has 2 atom stereocenters. The predicted octanol–water partition coefficient (Wildman–Crippen LogP) is 5.43. The van der Waals surface area contributed by atoms with Gasteiger partial charge >= 0.3 is 0 Å². The molecule has 1 unspecified atom stereocenters. The second kappa shape index (κ2) is 11.8. The maximum Gasteiger partial charge on any atom is 0.221 e. The summed E-state index contributed by atoms with van der Waals surface area (Å²) in [6, 6.07) is 8.98. The van der Waals surface area contributed by atoms with Crippen LogP contribution in [0.1, 0.15) is 60.4 Å². The molecule has 1 aromatic carbocycles. The van der Waals surface area contributed by atoms with E-state index < -0.39 is 0 Å². The quantitative estimate of drug-likeness (QED) is 0.635. The molecule has 28 heavy (non-hydrogen) atoms. The largest absolute Gasteiger partial charge is 0.473 e. The molecule has 2 heterocycles. The van der Waals surface area contributed by atoms with Crippen LogP contribution in [-0.2, 0) is 0 Å². The van der Waals surface area contributed by atoms with Crippen molar-refractivity contribution in [2.24, 2.45) is 0 Å². The highest BCUT2D eigenvalue weighted by molar-refractivity contribution is 5.88. The molecule has 2 N–H and O–H groups in total. The minimum atomic E-state index is 0. The van der Waals surface area contributed by atoms with Crippen LogP contribution in [0.25, 0.3) is 16.8 Å². The van der Waals surface area contributed by atoms with Crippen molar-refractivity contribution in [3.63, 3.8) is 0 Å². The maximum absolute atomic E-state index is 6.18. The summed E-state index contributed by atoms with van der Waals surface area (Å²) in [7, 11) is 0. The van der Waals surface area contributed by atoms with E-state index in [9.17, 15) is 0 Å². The van der Waals surface area contributed by atoms with Gasteiger partial charge in [0, 0.05) is 32.1 Å². The first kappa shape index (κ1) is 22.4. The van der Waals surface area contributed by atoms with Crippen LogP contribution in [0.15, 0.2) is 36.5 Å². The number of fused-ring (bicyclic) bond motifs is 1. The number of pyridine rings is 1. The van der Waals surface area contributed by atoms with E-state index in [0.29, 0.717) is 6.04 Å². The summed E-state index contributed by atoms with van der Waals surface area (Å²) in [6.07, 6.45) is 12.7. The number of nitrogens with one attached hydrogen (secondary N) is 2. The van der Waals surface area contributed by atoms with E-state index in [1.165, 1.54) is 36.6 Å². The third kappa shape index (κ3) is 6.92. The molecule has 1 aromatic heterocycles. The highest BCUT2D eigenvalue weighted by atomic mass is 16.5. The van der Waals surface area contributed by atoms with Crippen molar-refractivity contribution in [1.82, 2.24) is 15.6 Å². The van der Waals surface area contributed by atoms with E-state index in [2.05, 4.69) is 59.8 Å². The number of ether oxygens (including phenoxy) is 1. The summed E-state index contributed by atoms with van der Waals surface area (Å²) in [5, 5.41) is 9.36. The van der Waals surface area contributed by atoms with Gasteiger partial charge in [-0.05, 0) is 62.7 Å². The predicted molar refractivity (Wildman–Crippen MR) is 123 cm³/mol. The van der Waals surface area contributed by atoms with Crippen molar-refractivity contribution in [2.45, 2.75) is 65.5 Å². The third-order valence-electron chi connectivity index (χ3n) is 5.06. The van der Waals surface area contributed by atoms with Gasteiger partial charge in [-0.25, -0.2) is 4.98 Å². The maximum atomic E-state index is 6.18. The van der Waals surface area contributed by atoms with Gasteiger partial charge in [0.05, 0.1) is 0 Å². The van der Waals surface area contributed by atoms with Gasteiger partial charge in [0.25, 0.3) is 0 Å². The first-order valence-electron chi connectivity index (χ1n) is 10.4. The Morgan fingerprint density at radius 3 is 2.82 bits per heavy atom. The second-order valence-electron chi connectivity index (χ2n) is 7.64. The van der Waals surface area contributed by atoms with Crippen LogP contribution in [0.4, 0.5) is 0 Å². The molecule has 0 amide bonds. The molecule has 4 nitrogen and oxygen atoms in total. The van der Waals surface area contributed by atoms with Crippen molar-refractivity contribution in [3.05, 3.63) is 42.1 Å². The number of hydrogen-bond donors (Lipinski definition) is 2. The molecule has 0 saturated heterocycles. The minimum absolute atomic E-state index is 0.